The van der Waals surface area contributed by atoms with Gasteiger partial charge in [-0.05, 0) is 24.3 Å². The highest BCUT2D eigenvalue weighted by atomic mass is 35.5. The van der Waals surface area contributed by atoms with Crippen LogP contribution < -0.4 is 0 Å². The molecule has 0 N–H and O–H groups in total. The molecule has 6 nitrogen and oxygen atoms in total. The maximum atomic E-state index is 14.2. The number of hydrogen-bond donors (Lipinski definition) is 0. The lowest BCUT2D eigenvalue weighted by Crippen LogP contribution is -2.62. The number of halogens is 5. The fourth-order valence-corrected chi connectivity index (χ4v) is 5.18. The third kappa shape index (κ3) is 3.56. The summed E-state index contributed by atoms with van der Waals surface area (Å²) in [6.07, 6.45) is -3.86. The van der Waals surface area contributed by atoms with Gasteiger partial charge >= 0.3 is 6.18 Å². The van der Waals surface area contributed by atoms with E-state index in [0.29, 0.717) is 24.3 Å². The van der Waals surface area contributed by atoms with Crippen LogP contribution in [0.1, 0.15) is 42.7 Å². The lowest BCUT2D eigenvalue weighted by atomic mass is 9.85. The van der Waals surface area contributed by atoms with Gasteiger partial charge in [0.05, 0.1) is 37.5 Å². The van der Waals surface area contributed by atoms with E-state index in [-0.39, 0.29) is 39.8 Å². The number of rotatable bonds is 3. The Hall–Kier alpha value is -2.36. The first-order valence-electron chi connectivity index (χ1n) is 10.6. The Morgan fingerprint density at radius 3 is 2.44 bits per heavy atom. The molecule has 0 bridgehead atoms. The fraction of sp³-hybridized carbons (Fsp3) is 0.435. The number of nitrogens with zero attached hydrogens (tertiary/aromatic N) is 3. The van der Waals surface area contributed by atoms with Crippen LogP contribution >= 0.6 is 23.2 Å². The highest BCUT2D eigenvalue weighted by Crippen LogP contribution is 2.50. The number of carbonyl (C=O) groups is 1. The van der Waals surface area contributed by atoms with Gasteiger partial charge in [-0.25, -0.2) is 0 Å². The minimum absolute atomic E-state index is 0.0429. The van der Waals surface area contributed by atoms with Crippen molar-refractivity contribution in [3.63, 3.8) is 0 Å². The molecule has 34 heavy (non-hydrogen) atoms. The van der Waals surface area contributed by atoms with E-state index >= 15 is 0 Å². The van der Waals surface area contributed by atoms with Crippen molar-refractivity contribution in [1.82, 2.24) is 9.88 Å². The number of alkyl halides is 3. The summed E-state index contributed by atoms with van der Waals surface area (Å²) in [6.45, 7) is 4.73. The van der Waals surface area contributed by atoms with Crippen molar-refractivity contribution in [3.05, 3.63) is 62.9 Å². The number of oxime groups is 1. The summed E-state index contributed by atoms with van der Waals surface area (Å²) in [5, 5.41) is 3.92. The smallest absolute Gasteiger partial charge is 0.374 e. The molecular formula is C23H20Cl2F3N3O3. The molecule has 2 aromatic rings. The lowest BCUT2D eigenvalue weighted by Gasteiger charge is -2.47. The maximum absolute atomic E-state index is 14.2. The van der Waals surface area contributed by atoms with Gasteiger partial charge in [0.2, 0.25) is 5.91 Å². The summed E-state index contributed by atoms with van der Waals surface area (Å²) in [7, 11) is 0. The molecule has 1 spiro atoms. The third-order valence-electron chi connectivity index (χ3n) is 6.45. The first kappa shape index (κ1) is 23.4. The minimum Gasteiger partial charge on any atom is -0.374 e. The normalized spacial score (nSPS) is 23.1. The largest absolute Gasteiger partial charge is 0.435 e. The predicted molar refractivity (Wildman–Crippen MR) is 119 cm³/mol. The van der Waals surface area contributed by atoms with Gasteiger partial charge in [0.25, 0.3) is 5.60 Å². The Morgan fingerprint density at radius 1 is 1.15 bits per heavy atom. The summed E-state index contributed by atoms with van der Waals surface area (Å²) in [4.78, 5) is 23.5. The van der Waals surface area contributed by atoms with E-state index in [4.69, 9.17) is 32.8 Å². The van der Waals surface area contributed by atoms with Crippen LogP contribution in [0.4, 0.5) is 13.2 Å². The molecule has 3 aliphatic heterocycles. The van der Waals surface area contributed by atoms with Crippen LogP contribution in [-0.2, 0) is 32.2 Å². The van der Waals surface area contributed by atoms with E-state index in [1.807, 2.05) is 13.8 Å². The van der Waals surface area contributed by atoms with Crippen molar-refractivity contribution in [1.29, 1.82) is 0 Å². The van der Waals surface area contributed by atoms with Crippen LogP contribution in [0.15, 0.2) is 35.6 Å². The van der Waals surface area contributed by atoms with Crippen molar-refractivity contribution in [2.24, 2.45) is 11.1 Å². The molecule has 1 aromatic carbocycles. The maximum Gasteiger partial charge on any atom is 0.435 e. The zero-order chi connectivity index (χ0) is 24.5. The molecular weight excluding hydrogens is 494 g/mol. The summed E-state index contributed by atoms with van der Waals surface area (Å²) in [5.74, 6) is -0.0708. The van der Waals surface area contributed by atoms with Crippen LogP contribution in [0.2, 0.25) is 10.0 Å². The standard InChI is InChI=1S/C23H20Cl2F3N3O3/c1-12(2)20(32)31-10-21(11-31)19-14(9-33-21)3-13(8-29-19)18-7-22(34-30-18,23(26,27)28)15-4-16(24)6-17(25)5-15/h3-6,8,12H,7,9-11H2,1-2H3. The van der Waals surface area contributed by atoms with Crippen LogP contribution in [0.3, 0.4) is 0 Å². The van der Waals surface area contributed by atoms with Crippen LogP contribution in [-0.4, -0.2) is 40.8 Å². The van der Waals surface area contributed by atoms with Gasteiger partial charge in [0.1, 0.15) is 5.60 Å². The summed E-state index contributed by atoms with van der Waals surface area (Å²) >= 11 is 11.9. The average Bonchev–Trinajstić information content (AvgIpc) is 3.34. The van der Waals surface area contributed by atoms with Crippen molar-refractivity contribution < 1.29 is 27.5 Å². The molecule has 0 radical (unpaired) electrons. The zero-order valence-electron chi connectivity index (χ0n) is 18.2. The van der Waals surface area contributed by atoms with Gasteiger partial charge in [-0.3, -0.25) is 9.78 Å². The second-order valence-electron chi connectivity index (χ2n) is 9.15. The summed E-state index contributed by atoms with van der Waals surface area (Å²) in [6, 6.07) is 5.44. The molecule has 0 aliphatic carbocycles. The Labute approximate surface area is 203 Å². The van der Waals surface area contributed by atoms with E-state index in [2.05, 4.69) is 10.1 Å². The molecule has 0 saturated carbocycles. The van der Waals surface area contributed by atoms with Gasteiger partial charge in [-0.15, -0.1) is 0 Å². The molecule has 11 heteroatoms. The molecule has 1 saturated heterocycles. The Morgan fingerprint density at radius 2 is 1.82 bits per heavy atom. The number of hydrogen-bond acceptors (Lipinski definition) is 5. The number of carbonyl (C=O) groups excluding carboxylic acids is 1. The Kier molecular flexibility index (Phi) is 5.38. The molecule has 4 heterocycles. The average molecular weight is 514 g/mol. The van der Waals surface area contributed by atoms with Crippen molar-refractivity contribution >= 4 is 34.8 Å². The molecule has 1 aromatic heterocycles. The summed E-state index contributed by atoms with van der Waals surface area (Å²) < 4.78 is 48.7. The minimum atomic E-state index is -4.78. The second-order valence-corrected chi connectivity index (χ2v) is 10.0. The van der Waals surface area contributed by atoms with Gasteiger partial charge in [-0.1, -0.05) is 42.2 Å². The van der Waals surface area contributed by atoms with Crippen molar-refractivity contribution in [3.8, 4) is 0 Å². The van der Waals surface area contributed by atoms with Crippen molar-refractivity contribution in [2.75, 3.05) is 13.1 Å². The number of pyridine rings is 1. The van der Waals surface area contributed by atoms with E-state index in [0.717, 1.165) is 5.56 Å². The summed E-state index contributed by atoms with van der Waals surface area (Å²) in [5.41, 5.74) is -1.63. The van der Waals surface area contributed by atoms with Gasteiger partial charge in [0.15, 0.2) is 0 Å². The van der Waals surface area contributed by atoms with E-state index in [9.17, 15) is 18.0 Å². The number of likely N-dealkylation sites (tertiary alicyclic amines) is 1. The molecule has 1 fully saturated rings. The number of fused-ring (bicyclic) bond motifs is 2. The van der Waals surface area contributed by atoms with E-state index < -0.39 is 23.8 Å². The molecule has 3 aliphatic rings. The van der Waals surface area contributed by atoms with Crippen LogP contribution in [0.25, 0.3) is 0 Å². The predicted octanol–water partition coefficient (Wildman–Crippen LogP) is 5.19. The number of benzene rings is 1. The Balaban J connectivity index is 1.41. The van der Waals surface area contributed by atoms with Gasteiger partial charge < -0.3 is 14.5 Å². The topological polar surface area (TPSA) is 64.0 Å². The van der Waals surface area contributed by atoms with Crippen molar-refractivity contribution in [2.45, 2.75) is 44.3 Å². The molecule has 5 rings (SSSR count). The highest BCUT2D eigenvalue weighted by molar-refractivity contribution is 6.34. The Bertz CT molecular complexity index is 1190. The highest BCUT2D eigenvalue weighted by Gasteiger charge is 2.62. The fourth-order valence-electron chi connectivity index (χ4n) is 4.65. The molecule has 180 valence electrons. The number of aromatic nitrogens is 1. The SMILES string of the molecule is CC(C)C(=O)N1CC2(C1)OCc1cc(C3=NOC(c4cc(Cl)cc(Cl)c4)(C(F)(F)F)C3)cnc12. The quantitative estimate of drug-likeness (QED) is 0.566. The molecule has 1 unspecified atom stereocenters. The first-order chi connectivity index (χ1) is 15.9. The molecule has 1 amide bonds. The monoisotopic (exact) mass is 513 g/mol. The molecule has 1 atom stereocenters. The third-order valence-corrected chi connectivity index (χ3v) is 6.88. The van der Waals surface area contributed by atoms with Crippen LogP contribution in [0, 0.1) is 5.92 Å². The van der Waals surface area contributed by atoms with E-state index in [1.165, 1.54) is 24.4 Å². The zero-order valence-corrected chi connectivity index (χ0v) is 19.8. The van der Waals surface area contributed by atoms with Crippen LogP contribution in [0.5, 0.6) is 0 Å². The van der Waals surface area contributed by atoms with E-state index in [1.54, 1.807) is 11.0 Å². The number of amides is 1. The first-order valence-corrected chi connectivity index (χ1v) is 11.4. The number of ether oxygens (including phenoxy) is 1. The lowest BCUT2D eigenvalue weighted by molar-refractivity contribution is -0.275. The van der Waals surface area contributed by atoms with Gasteiger partial charge in [-0.2, -0.15) is 13.2 Å². The van der Waals surface area contributed by atoms with Gasteiger partial charge in [0, 0.05) is 38.9 Å². The second kappa shape index (κ2) is 7.83.